The Morgan fingerprint density at radius 3 is 1.52 bits per heavy atom. The lowest BCUT2D eigenvalue weighted by molar-refractivity contribution is 1.42. The number of benzene rings is 3. The van der Waals surface area contributed by atoms with Gasteiger partial charge in [0.2, 0.25) is 0 Å². The van der Waals surface area contributed by atoms with Crippen molar-refractivity contribution < 1.29 is 0 Å². The van der Waals surface area contributed by atoms with Crippen LogP contribution in [0.3, 0.4) is 0 Å². The van der Waals surface area contributed by atoms with Gasteiger partial charge in [0.05, 0.1) is 0 Å². The summed E-state index contributed by atoms with van der Waals surface area (Å²) in [6, 6.07) is 23.2. The Morgan fingerprint density at radius 1 is 0.652 bits per heavy atom. The molecule has 0 radical (unpaired) electrons. The van der Waals surface area contributed by atoms with E-state index in [-0.39, 0.29) is 0 Å². The van der Waals surface area contributed by atoms with E-state index in [9.17, 15) is 0 Å². The summed E-state index contributed by atoms with van der Waals surface area (Å²) < 4.78 is 0. The van der Waals surface area contributed by atoms with Crippen molar-refractivity contribution in [3.63, 3.8) is 0 Å². The molecule has 0 aliphatic heterocycles. The highest BCUT2D eigenvalue weighted by molar-refractivity contribution is 7.99. The van der Waals surface area contributed by atoms with Gasteiger partial charge in [0, 0.05) is 14.8 Å². The van der Waals surface area contributed by atoms with Crippen LogP contribution < -0.4 is 0 Å². The standard InChI is InChI=1S/C20H17ClS2/c1-22-19-9-5-3-7-17(19)14-11-15(13-16(21)12-14)18-8-4-6-10-20(18)23-2/h3-13H,1-2H3. The number of hydrogen-bond donors (Lipinski definition) is 0. The molecule has 0 unspecified atom stereocenters. The molecule has 0 spiro atoms. The fraction of sp³-hybridized carbons (Fsp3) is 0.100. The summed E-state index contributed by atoms with van der Waals surface area (Å²) in [5, 5.41) is 0.768. The van der Waals surface area contributed by atoms with Crippen molar-refractivity contribution in [2.75, 3.05) is 12.5 Å². The van der Waals surface area contributed by atoms with Crippen LogP contribution in [-0.2, 0) is 0 Å². The second kappa shape index (κ2) is 7.48. The van der Waals surface area contributed by atoms with E-state index in [0.29, 0.717) is 0 Å². The molecule has 0 amide bonds. The first-order valence-electron chi connectivity index (χ1n) is 7.30. The maximum absolute atomic E-state index is 6.43. The fourth-order valence-electron chi connectivity index (χ4n) is 2.67. The van der Waals surface area contributed by atoms with Gasteiger partial charge in [-0.15, -0.1) is 23.5 Å². The minimum absolute atomic E-state index is 0.768. The molecule has 0 aliphatic carbocycles. The van der Waals surface area contributed by atoms with Crippen LogP contribution in [0.15, 0.2) is 76.5 Å². The summed E-state index contributed by atoms with van der Waals surface area (Å²) in [6.07, 6.45) is 4.21. The first-order chi connectivity index (χ1) is 11.2. The molecule has 0 heterocycles. The van der Waals surface area contributed by atoms with Crippen LogP contribution >= 0.6 is 35.1 Å². The molecule has 0 aliphatic rings. The van der Waals surface area contributed by atoms with E-state index in [1.807, 2.05) is 12.1 Å². The minimum Gasteiger partial charge on any atom is -0.129 e. The number of halogens is 1. The molecule has 0 atom stereocenters. The van der Waals surface area contributed by atoms with E-state index < -0.39 is 0 Å². The summed E-state index contributed by atoms with van der Waals surface area (Å²) in [5.74, 6) is 0. The molecule has 3 aromatic rings. The van der Waals surface area contributed by atoms with Crippen molar-refractivity contribution >= 4 is 35.1 Å². The van der Waals surface area contributed by atoms with Gasteiger partial charge < -0.3 is 0 Å². The van der Waals surface area contributed by atoms with E-state index in [1.54, 1.807) is 23.5 Å². The smallest absolute Gasteiger partial charge is 0.0418 e. The van der Waals surface area contributed by atoms with Crippen LogP contribution in [0, 0.1) is 0 Å². The molecule has 116 valence electrons. The normalized spacial score (nSPS) is 10.7. The third-order valence-corrected chi connectivity index (χ3v) is 5.54. The largest absolute Gasteiger partial charge is 0.129 e. The Balaban J connectivity index is 2.17. The molecule has 0 saturated carbocycles. The lowest BCUT2D eigenvalue weighted by Gasteiger charge is -2.12. The Kier molecular flexibility index (Phi) is 5.37. The molecule has 0 bridgehead atoms. The van der Waals surface area contributed by atoms with Crippen molar-refractivity contribution in [1.82, 2.24) is 0 Å². The lowest BCUT2D eigenvalue weighted by atomic mass is 9.99. The Bertz CT molecular complexity index is 762. The maximum Gasteiger partial charge on any atom is 0.0418 e. The molecular weight excluding hydrogens is 340 g/mol. The molecule has 3 aromatic carbocycles. The van der Waals surface area contributed by atoms with Gasteiger partial charge in [-0.1, -0.05) is 48.0 Å². The number of thioether (sulfide) groups is 2. The summed E-state index contributed by atoms with van der Waals surface area (Å²) in [5.41, 5.74) is 4.78. The minimum atomic E-state index is 0.768. The highest BCUT2D eigenvalue weighted by Gasteiger charge is 2.10. The molecule has 23 heavy (non-hydrogen) atoms. The van der Waals surface area contributed by atoms with E-state index in [0.717, 1.165) is 16.1 Å². The van der Waals surface area contributed by atoms with Crippen LogP contribution in [-0.4, -0.2) is 12.5 Å². The summed E-state index contributed by atoms with van der Waals surface area (Å²) >= 11 is 9.94. The van der Waals surface area contributed by atoms with Crippen molar-refractivity contribution in [3.05, 3.63) is 71.8 Å². The SMILES string of the molecule is CSc1ccccc1-c1cc(Cl)cc(-c2ccccc2SC)c1. The Hall–Kier alpha value is -1.35. The van der Waals surface area contributed by atoms with E-state index in [1.165, 1.54) is 20.9 Å². The van der Waals surface area contributed by atoms with Gasteiger partial charge in [-0.05, 0) is 65.1 Å². The number of rotatable bonds is 4. The van der Waals surface area contributed by atoms with Crippen LogP contribution in [0.2, 0.25) is 5.02 Å². The maximum atomic E-state index is 6.43. The van der Waals surface area contributed by atoms with Gasteiger partial charge in [-0.25, -0.2) is 0 Å². The zero-order valence-electron chi connectivity index (χ0n) is 13.0. The first kappa shape index (κ1) is 16.5. The molecule has 3 rings (SSSR count). The van der Waals surface area contributed by atoms with Crippen LogP contribution in [0.25, 0.3) is 22.3 Å². The molecular formula is C20H17ClS2. The highest BCUT2D eigenvalue weighted by Crippen LogP contribution is 2.37. The van der Waals surface area contributed by atoms with Gasteiger partial charge in [0.15, 0.2) is 0 Å². The van der Waals surface area contributed by atoms with Crippen LogP contribution in [0.1, 0.15) is 0 Å². The quantitative estimate of drug-likeness (QED) is 0.456. The van der Waals surface area contributed by atoms with Crippen molar-refractivity contribution in [2.24, 2.45) is 0 Å². The second-order valence-electron chi connectivity index (χ2n) is 5.13. The monoisotopic (exact) mass is 356 g/mol. The van der Waals surface area contributed by atoms with E-state index in [4.69, 9.17) is 11.6 Å². The predicted octanol–water partition coefficient (Wildman–Crippen LogP) is 7.12. The van der Waals surface area contributed by atoms with E-state index >= 15 is 0 Å². The van der Waals surface area contributed by atoms with Gasteiger partial charge in [-0.3, -0.25) is 0 Å². The topological polar surface area (TPSA) is 0 Å². The van der Waals surface area contributed by atoms with Crippen LogP contribution in [0.5, 0.6) is 0 Å². The van der Waals surface area contributed by atoms with Gasteiger partial charge in [0.25, 0.3) is 0 Å². The highest BCUT2D eigenvalue weighted by atomic mass is 35.5. The third kappa shape index (κ3) is 3.60. The third-order valence-electron chi connectivity index (χ3n) is 3.73. The van der Waals surface area contributed by atoms with Gasteiger partial charge >= 0.3 is 0 Å². The molecule has 0 nitrogen and oxygen atoms in total. The summed E-state index contributed by atoms with van der Waals surface area (Å²) in [6.45, 7) is 0. The van der Waals surface area contributed by atoms with E-state index in [2.05, 4.69) is 67.1 Å². The number of hydrogen-bond acceptors (Lipinski definition) is 2. The Morgan fingerprint density at radius 2 is 1.09 bits per heavy atom. The van der Waals surface area contributed by atoms with Gasteiger partial charge in [0.1, 0.15) is 0 Å². The van der Waals surface area contributed by atoms with Crippen molar-refractivity contribution in [1.29, 1.82) is 0 Å². The molecule has 0 saturated heterocycles. The molecule has 0 fully saturated rings. The zero-order chi connectivity index (χ0) is 16.2. The van der Waals surface area contributed by atoms with Crippen LogP contribution in [0.4, 0.5) is 0 Å². The Labute approximate surface area is 151 Å². The summed E-state index contributed by atoms with van der Waals surface area (Å²) in [7, 11) is 0. The molecule has 0 aromatic heterocycles. The van der Waals surface area contributed by atoms with Crippen molar-refractivity contribution in [2.45, 2.75) is 9.79 Å². The second-order valence-corrected chi connectivity index (χ2v) is 7.26. The molecule has 0 N–H and O–H groups in total. The molecule has 3 heteroatoms. The van der Waals surface area contributed by atoms with Gasteiger partial charge in [-0.2, -0.15) is 0 Å². The zero-order valence-corrected chi connectivity index (χ0v) is 15.4. The fourth-order valence-corrected chi connectivity index (χ4v) is 4.14. The lowest BCUT2D eigenvalue weighted by Crippen LogP contribution is -1.86. The predicted molar refractivity (Wildman–Crippen MR) is 106 cm³/mol. The first-order valence-corrected chi connectivity index (χ1v) is 10.1. The average molecular weight is 357 g/mol. The average Bonchev–Trinajstić information content (AvgIpc) is 2.61. The summed E-state index contributed by atoms with van der Waals surface area (Å²) in [4.78, 5) is 2.53. The van der Waals surface area contributed by atoms with Crippen molar-refractivity contribution in [3.8, 4) is 22.3 Å².